The van der Waals surface area contributed by atoms with E-state index >= 15 is 0 Å². The number of carbonyl (C=O) groups excluding carboxylic acids is 2. The quantitative estimate of drug-likeness (QED) is 0.569. The summed E-state index contributed by atoms with van der Waals surface area (Å²) in [7, 11) is 1.83. The van der Waals surface area contributed by atoms with Crippen molar-refractivity contribution < 1.29 is 14.0 Å². The second-order valence-electron chi connectivity index (χ2n) is 6.27. The zero-order valence-corrected chi connectivity index (χ0v) is 15.3. The number of hydrogen-bond acceptors (Lipinski definition) is 5. The molecule has 8 nitrogen and oxygen atoms in total. The number of carbonyl (C=O) groups is 2. The first-order chi connectivity index (χ1) is 13.5. The number of nitrogens with zero attached hydrogens (tertiary/aromatic N) is 3. The van der Waals surface area contributed by atoms with Crippen molar-refractivity contribution in [2.24, 2.45) is 7.05 Å². The summed E-state index contributed by atoms with van der Waals surface area (Å²) < 4.78 is 6.75. The summed E-state index contributed by atoms with van der Waals surface area (Å²) in [5.74, 6) is -0.407. The van der Waals surface area contributed by atoms with Crippen molar-refractivity contribution in [3.05, 3.63) is 71.9 Å². The Morgan fingerprint density at radius 1 is 1.04 bits per heavy atom. The molecule has 2 N–H and O–H groups in total. The summed E-state index contributed by atoms with van der Waals surface area (Å²) in [5.41, 5.74) is 3.21. The van der Waals surface area contributed by atoms with E-state index in [2.05, 4.69) is 20.7 Å². The van der Waals surface area contributed by atoms with Crippen LogP contribution in [-0.4, -0.2) is 26.6 Å². The fraction of sp³-hybridized carbons (Fsp3) is 0.100. The topological polar surface area (TPSA) is 102 Å². The third kappa shape index (κ3) is 3.35. The Kier molecular flexibility index (Phi) is 4.36. The van der Waals surface area contributed by atoms with Gasteiger partial charge in [-0.2, -0.15) is 5.10 Å². The minimum atomic E-state index is -0.353. The van der Waals surface area contributed by atoms with Crippen LogP contribution in [0.5, 0.6) is 0 Å². The number of anilines is 2. The van der Waals surface area contributed by atoms with Gasteiger partial charge < -0.3 is 15.1 Å². The van der Waals surface area contributed by atoms with Crippen molar-refractivity contribution >= 4 is 34.2 Å². The van der Waals surface area contributed by atoms with Crippen molar-refractivity contribution in [1.82, 2.24) is 14.8 Å². The van der Waals surface area contributed by atoms with Gasteiger partial charge in [-0.1, -0.05) is 0 Å². The molecular formula is C20H17N5O3. The summed E-state index contributed by atoms with van der Waals surface area (Å²) in [6.45, 7) is 1.89. The van der Waals surface area contributed by atoms with Crippen LogP contribution >= 0.6 is 0 Å². The number of pyridine rings is 1. The highest BCUT2D eigenvalue weighted by Gasteiger charge is 2.12. The van der Waals surface area contributed by atoms with Gasteiger partial charge in [-0.25, -0.2) is 4.98 Å². The van der Waals surface area contributed by atoms with Crippen LogP contribution in [0.2, 0.25) is 0 Å². The minimum absolute atomic E-state index is 0.218. The standard InChI is InChI=1S/C20H17N5O3/c1-12-16-10-15(11-21-18(16)25(2)24-12)23-19(26)13-5-7-14(8-6-13)22-20(27)17-4-3-9-28-17/h3-11H,1-2H3,(H,22,27)(H,23,26). The van der Waals surface area contributed by atoms with E-state index in [0.29, 0.717) is 16.9 Å². The van der Waals surface area contributed by atoms with Crippen molar-refractivity contribution in [3.8, 4) is 0 Å². The maximum absolute atomic E-state index is 12.5. The Bertz CT molecular complexity index is 1160. The molecule has 0 saturated heterocycles. The SMILES string of the molecule is Cc1nn(C)c2ncc(NC(=O)c3ccc(NC(=O)c4ccco4)cc3)cc12. The smallest absolute Gasteiger partial charge is 0.291 e. The van der Waals surface area contributed by atoms with Gasteiger partial charge in [0.2, 0.25) is 0 Å². The largest absolute Gasteiger partial charge is 0.459 e. The van der Waals surface area contributed by atoms with Gasteiger partial charge in [0.25, 0.3) is 11.8 Å². The average molecular weight is 375 g/mol. The minimum Gasteiger partial charge on any atom is -0.459 e. The molecule has 0 saturated carbocycles. The number of fused-ring (bicyclic) bond motifs is 1. The van der Waals surface area contributed by atoms with E-state index < -0.39 is 0 Å². The molecule has 0 fully saturated rings. The predicted octanol–water partition coefficient (Wildman–Crippen LogP) is 3.37. The molecule has 0 aliphatic rings. The number of aromatic nitrogens is 3. The molecule has 3 heterocycles. The molecule has 0 atom stereocenters. The van der Waals surface area contributed by atoms with E-state index in [4.69, 9.17) is 4.42 Å². The lowest BCUT2D eigenvalue weighted by Crippen LogP contribution is -2.13. The van der Waals surface area contributed by atoms with Crippen LogP contribution in [0.3, 0.4) is 0 Å². The van der Waals surface area contributed by atoms with E-state index in [9.17, 15) is 9.59 Å². The molecule has 140 valence electrons. The fourth-order valence-corrected chi connectivity index (χ4v) is 2.88. The van der Waals surface area contributed by atoms with Crippen LogP contribution in [0.15, 0.2) is 59.3 Å². The average Bonchev–Trinajstić information content (AvgIpc) is 3.31. The molecule has 28 heavy (non-hydrogen) atoms. The number of aryl methyl sites for hydroxylation is 2. The van der Waals surface area contributed by atoms with E-state index in [1.807, 2.05) is 20.0 Å². The summed E-state index contributed by atoms with van der Waals surface area (Å²) in [4.78, 5) is 28.8. The molecule has 8 heteroatoms. The van der Waals surface area contributed by atoms with Crippen molar-refractivity contribution in [2.75, 3.05) is 10.6 Å². The molecule has 3 aromatic heterocycles. The maximum atomic E-state index is 12.5. The van der Waals surface area contributed by atoms with Crippen LogP contribution in [-0.2, 0) is 7.05 Å². The molecule has 2 amide bonds. The predicted molar refractivity (Wildman–Crippen MR) is 104 cm³/mol. The first kappa shape index (κ1) is 17.5. The number of benzene rings is 1. The number of amides is 2. The molecule has 0 spiro atoms. The number of furan rings is 1. The van der Waals surface area contributed by atoms with Gasteiger partial charge >= 0.3 is 0 Å². The van der Waals surface area contributed by atoms with E-state index in [1.165, 1.54) is 6.26 Å². The summed E-state index contributed by atoms with van der Waals surface area (Å²) in [6, 6.07) is 11.6. The van der Waals surface area contributed by atoms with E-state index in [1.54, 1.807) is 47.3 Å². The van der Waals surface area contributed by atoms with Crippen LogP contribution in [0, 0.1) is 6.92 Å². The lowest BCUT2D eigenvalue weighted by atomic mass is 10.2. The monoisotopic (exact) mass is 375 g/mol. The van der Waals surface area contributed by atoms with Crippen LogP contribution in [0.1, 0.15) is 26.6 Å². The summed E-state index contributed by atoms with van der Waals surface area (Å²) >= 11 is 0. The second kappa shape index (κ2) is 6.99. The zero-order chi connectivity index (χ0) is 19.7. The van der Waals surface area contributed by atoms with Gasteiger partial charge in [-0.05, 0) is 49.4 Å². The zero-order valence-electron chi connectivity index (χ0n) is 15.3. The highest BCUT2D eigenvalue weighted by Crippen LogP contribution is 2.20. The van der Waals surface area contributed by atoms with Crippen LogP contribution in [0.25, 0.3) is 11.0 Å². The lowest BCUT2D eigenvalue weighted by Gasteiger charge is -2.07. The van der Waals surface area contributed by atoms with E-state index in [-0.39, 0.29) is 17.6 Å². The van der Waals surface area contributed by atoms with Gasteiger partial charge in [-0.15, -0.1) is 0 Å². The van der Waals surface area contributed by atoms with Gasteiger partial charge in [0.15, 0.2) is 11.4 Å². The third-order valence-electron chi connectivity index (χ3n) is 4.27. The van der Waals surface area contributed by atoms with Gasteiger partial charge in [0.1, 0.15) is 0 Å². The Labute approximate surface area is 160 Å². The van der Waals surface area contributed by atoms with Crippen LogP contribution < -0.4 is 10.6 Å². The molecule has 1 aromatic carbocycles. The van der Waals surface area contributed by atoms with E-state index in [0.717, 1.165) is 16.7 Å². The maximum Gasteiger partial charge on any atom is 0.291 e. The molecule has 0 aliphatic carbocycles. The van der Waals surface area contributed by atoms with Crippen molar-refractivity contribution in [1.29, 1.82) is 0 Å². The lowest BCUT2D eigenvalue weighted by molar-refractivity contribution is 0.0995. The summed E-state index contributed by atoms with van der Waals surface area (Å²) in [5, 5.41) is 10.7. The number of nitrogens with one attached hydrogen (secondary N) is 2. The van der Waals surface area contributed by atoms with Gasteiger partial charge in [0, 0.05) is 23.7 Å². The third-order valence-corrected chi connectivity index (χ3v) is 4.27. The fourth-order valence-electron chi connectivity index (χ4n) is 2.88. The Balaban J connectivity index is 1.46. The molecule has 4 rings (SSSR count). The molecule has 0 bridgehead atoms. The normalized spacial score (nSPS) is 10.8. The van der Waals surface area contributed by atoms with Crippen molar-refractivity contribution in [3.63, 3.8) is 0 Å². The molecule has 0 radical (unpaired) electrons. The Morgan fingerprint density at radius 3 is 2.50 bits per heavy atom. The molecule has 4 aromatic rings. The number of hydrogen-bond donors (Lipinski definition) is 2. The second-order valence-corrected chi connectivity index (χ2v) is 6.27. The van der Waals surface area contributed by atoms with Crippen molar-refractivity contribution in [2.45, 2.75) is 6.92 Å². The number of rotatable bonds is 4. The highest BCUT2D eigenvalue weighted by atomic mass is 16.3. The Morgan fingerprint density at radius 2 is 1.79 bits per heavy atom. The van der Waals surface area contributed by atoms with Gasteiger partial charge in [0.05, 0.1) is 23.8 Å². The molecule has 0 unspecified atom stereocenters. The Hall–Kier alpha value is -3.94. The summed E-state index contributed by atoms with van der Waals surface area (Å²) in [6.07, 6.45) is 3.03. The first-order valence-electron chi connectivity index (χ1n) is 8.57. The molecular weight excluding hydrogens is 358 g/mol. The van der Waals surface area contributed by atoms with Crippen LogP contribution in [0.4, 0.5) is 11.4 Å². The highest BCUT2D eigenvalue weighted by molar-refractivity contribution is 6.06. The van der Waals surface area contributed by atoms with Gasteiger partial charge in [-0.3, -0.25) is 14.3 Å². The first-order valence-corrected chi connectivity index (χ1v) is 8.57. The molecule has 0 aliphatic heterocycles.